The van der Waals surface area contributed by atoms with E-state index in [-0.39, 0.29) is 0 Å². The van der Waals surface area contributed by atoms with Crippen LogP contribution < -0.4 is 14.8 Å². The van der Waals surface area contributed by atoms with Crippen LogP contribution in [0.5, 0.6) is 5.75 Å². The molecule has 6 nitrogen and oxygen atoms in total. The molecule has 0 saturated heterocycles. The number of anilines is 2. The zero-order valence-corrected chi connectivity index (χ0v) is 17.5. The number of nitrogens with one attached hydrogen (secondary N) is 2. The van der Waals surface area contributed by atoms with Gasteiger partial charge in [-0.15, -0.1) is 0 Å². The number of ether oxygens (including phenoxy) is 1. The fourth-order valence-corrected chi connectivity index (χ4v) is 3.81. The van der Waals surface area contributed by atoms with Crippen molar-refractivity contribution >= 4 is 22.5 Å². The van der Waals surface area contributed by atoms with Crippen LogP contribution >= 0.6 is 0 Å². The van der Waals surface area contributed by atoms with E-state index in [9.17, 15) is 4.21 Å². The fourth-order valence-electron chi connectivity index (χ4n) is 2.78. The van der Waals surface area contributed by atoms with Gasteiger partial charge in [0.05, 0.1) is 29.0 Å². The topological polar surface area (TPSA) is 76.1 Å². The Morgan fingerprint density at radius 1 is 1.03 bits per heavy atom. The van der Waals surface area contributed by atoms with Crippen molar-refractivity contribution in [3.63, 3.8) is 0 Å². The van der Waals surface area contributed by atoms with E-state index in [1.807, 2.05) is 61.5 Å². The van der Waals surface area contributed by atoms with E-state index in [4.69, 9.17) is 4.74 Å². The van der Waals surface area contributed by atoms with Gasteiger partial charge in [0, 0.05) is 23.9 Å². The van der Waals surface area contributed by atoms with E-state index in [0.29, 0.717) is 18.2 Å². The highest BCUT2D eigenvalue weighted by atomic mass is 32.2. The van der Waals surface area contributed by atoms with Gasteiger partial charge in [0.2, 0.25) is 0 Å². The lowest BCUT2D eigenvalue weighted by Crippen LogP contribution is -2.19. The Bertz CT molecular complexity index is 948. The average molecular weight is 411 g/mol. The molecule has 29 heavy (non-hydrogen) atoms. The molecule has 1 heterocycles. The number of aromatic nitrogens is 2. The number of para-hydroxylation sites is 1. The second-order valence-electron chi connectivity index (χ2n) is 6.42. The summed E-state index contributed by atoms with van der Waals surface area (Å²) in [6, 6.07) is 17.6. The molecule has 3 aromatic rings. The van der Waals surface area contributed by atoms with E-state index in [1.54, 1.807) is 0 Å². The van der Waals surface area contributed by atoms with E-state index in [0.717, 1.165) is 41.2 Å². The second-order valence-corrected chi connectivity index (χ2v) is 7.69. The Balaban J connectivity index is 1.70. The van der Waals surface area contributed by atoms with Crippen LogP contribution in [0.1, 0.15) is 25.8 Å². The van der Waals surface area contributed by atoms with Crippen molar-refractivity contribution in [3.8, 4) is 17.0 Å². The first-order valence-electron chi connectivity index (χ1n) is 9.71. The van der Waals surface area contributed by atoms with Gasteiger partial charge in [0.1, 0.15) is 17.9 Å². The first-order valence-corrected chi connectivity index (χ1v) is 11.0. The lowest BCUT2D eigenvalue weighted by atomic mass is 10.1. The van der Waals surface area contributed by atoms with Crippen LogP contribution in [-0.4, -0.2) is 27.3 Å². The molecule has 1 atom stereocenters. The minimum Gasteiger partial charge on any atom is -0.493 e. The van der Waals surface area contributed by atoms with Crippen LogP contribution in [0.2, 0.25) is 0 Å². The standard InChI is InChI=1S/C22H26N4O2S/c1-3-13-25-29(27)15-17-9-11-18(12-10-17)26-22-14-20(23-16-24-22)19-7-5-6-8-21(19)28-4-2/h5-12,14,16,25H,3-4,13,15H2,1-2H3,(H,23,24,26). The number of benzene rings is 2. The maximum atomic E-state index is 12.0. The summed E-state index contributed by atoms with van der Waals surface area (Å²) >= 11 is 0. The minimum atomic E-state index is -1.05. The number of rotatable bonds is 10. The molecular weight excluding hydrogens is 384 g/mol. The summed E-state index contributed by atoms with van der Waals surface area (Å²) in [7, 11) is -1.05. The highest BCUT2D eigenvalue weighted by Crippen LogP contribution is 2.29. The van der Waals surface area contributed by atoms with Crippen molar-refractivity contribution in [1.29, 1.82) is 0 Å². The second kappa shape index (κ2) is 10.7. The van der Waals surface area contributed by atoms with E-state index >= 15 is 0 Å². The zero-order chi connectivity index (χ0) is 20.5. The average Bonchev–Trinajstić information content (AvgIpc) is 2.74. The maximum absolute atomic E-state index is 12.0. The molecule has 0 saturated carbocycles. The Hall–Kier alpha value is -2.77. The molecule has 7 heteroatoms. The summed E-state index contributed by atoms with van der Waals surface area (Å²) in [6.07, 6.45) is 2.50. The van der Waals surface area contributed by atoms with Gasteiger partial charge < -0.3 is 10.1 Å². The summed E-state index contributed by atoms with van der Waals surface area (Å²) in [6.45, 7) is 5.37. The van der Waals surface area contributed by atoms with Crippen LogP contribution in [0.4, 0.5) is 11.5 Å². The highest BCUT2D eigenvalue weighted by Gasteiger charge is 2.08. The largest absolute Gasteiger partial charge is 0.493 e. The zero-order valence-electron chi connectivity index (χ0n) is 16.7. The summed E-state index contributed by atoms with van der Waals surface area (Å²) in [4.78, 5) is 8.71. The fraction of sp³-hybridized carbons (Fsp3) is 0.273. The van der Waals surface area contributed by atoms with Crippen LogP contribution in [-0.2, 0) is 16.7 Å². The Morgan fingerprint density at radius 3 is 2.59 bits per heavy atom. The molecule has 0 spiro atoms. The first kappa shape index (κ1) is 21.0. The Labute approximate surface area is 174 Å². The van der Waals surface area contributed by atoms with Crippen molar-refractivity contribution < 1.29 is 8.95 Å². The smallest absolute Gasteiger partial charge is 0.134 e. The van der Waals surface area contributed by atoms with Gasteiger partial charge >= 0.3 is 0 Å². The molecule has 0 bridgehead atoms. The third kappa shape index (κ3) is 6.10. The summed E-state index contributed by atoms with van der Waals surface area (Å²) < 4.78 is 20.7. The van der Waals surface area contributed by atoms with Gasteiger partial charge in [0.15, 0.2) is 0 Å². The summed E-state index contributed by atoms with van der Waals surface area (Å²) in [5.74, 6) is 1.99. The lowest BCUT2D eigenvalue weighted by molar-refractivity contribution is 0.341. The molecule has 1 aromatic heterocycles. The molecule has 0 aliphatic carbocycles. The normalized spacial score (nSPS) is 11.8. The van der Waals surface area contributed by atoms with Crippen molar-refractivity contribution in [3.05, 3.63) is 66.5 Å². The predicted octanol–water partition coefficient (Wildman–Crippen LogP) is 4.45. The molecule has 0 aliphatic heterocycles. The molecule has 0 aliphatic rings. The van der Waals surface area contributed by atoms with Crippen molar-refractivity contribution in [1.82, 2.24) is 14.7 Å². The van der Waals surface area contributed by atoms with Gasteiger partial charge in [-0.2, -0.15) is 0 Å². The quantitative estimate of drug-likeness (QED) is 0.516. The van der Waals surface area contributed by atoms with Crippen LogP contribution in [0.15, 0.2) is 60.9 Å². The SMILES string of the molecule is CCCNS(=O)Cc1ccc(Nc2cc(-c3ccccc3OCC)ncn2)cc1. The van der Waals surface area contributed by atoms with Gasteiger partial charge in [-0.1, -0.05) is 31.2 Å². The molecule has 3 rings (SSSR count). The Morgan fingerprint density at radius 2 is 1.83 bits per heavy atom. The van der Waals surface area contributed by atoms with Gasteiger partial charge in [-0.05, 0) is 43.2 Å². The monoisotopic (exact) mass is 410 g/mol. The van der Waals surface area contributed by atoms with Gasteiger partial charge in [-0.25, -0.2) is 18.9 Å². The maximum Gasteiger partial charge on any atom is 0.134 e. The van der Waals surface area contributed by atoms with E-state index < -0.39 is 11.0 Å². The van der Waals surface area contributed by atoms with Crippen molar-refractivity contribution in [2.24, 2.45) is 0 Å². The van der Waals surface area contributed by atoms with Gasteiger partial charge in [0.25, 0.3) is 0 Å². The highest BCUT2D eigenvalue weighted by molar-refractivity contribution is 7.82. The molecule has 1 unspecified atom stereocenters. The number of hydrogen-bond donors (Lipinski definition) is 2. The third-order valence-corrected chi connectivity index (χ3v) is 5.29. The van der Waals surface area contributed by atoms with E-state index in [2.05, 4.69) is 26.9 Å². The molecular formula is C22H26N4O2S. The molecule has 0 radical (unpaired) electrons. The predicted molar refractivity (Wildman–Crippen MR) is 119 cm³/mol. The van der Waals surface area contributed by atoms with Crippen LogP contribution in [0, 0.1) is 0 Å². The van der Waals surface area contributed by atoms with Crippen LogP contribution in [0.25, 0.3) is 11.3 Å². The van der Waals surface area contributed by atoms with Crippen LogP contribution in [0.3, 0.4) is 0 Å². The summed E-state index contributed by atoms with van der Waals surface area (Å²) in [5.41, 5.74) is 3.65. The van der Waals surface area contributed by atoms with Crippen molar-refractivity contribution in [2.45, 2.75) is 26.0 Å². The molecule has 152 valence electrons. The van der Waals surface area contributed by atoms with Crippen molar-refractivity contribution in [2.75, 3.05) is 18.5 Å². The lowest BCUT2D eigenvalue weighted by Gasteiger charge is -2.11. The molecule has 2 aromatic carbocycles. The van der Waals surface area contributed by atoms with E-state index in [1.165, 1.54) is 6.33 Å². The third-order valence-electron chi connectivity index (χ3n) is 4.17. The van der Waals surface area contributed by atoms with Gasteiger partial charge in [-0.3, -0.25) is 0 Å². The number of hydrogen-bond acceptors (Lipinski definition) is 5. The minimum absolute atomic E-state index is 0.492. The molecule has 2 N–H and O–H groups in total. The molecule has 0 amide bonds. The molecule has 0 fully saturated rings. The first-order chi connectivity index (χ1) is 14.2. The number of nitrogens with zero attached hydrogens (tertiary/aromatic N) is 2. The summed E-state index contributed by atoms with van der Waals surface area (Å²) in [5, 5.41) is 3.30. The Kier molecular flexibility index (Phi) is 7.72.